The number of nitrogens with zero attached hydrogens (tertiary/aromatic N) is 1. The average molecular weight is 367 g/mol. The van der Waals surface area contributed by atoms with E-state index in [9.17, 15) is 5.11 Å². The minimum atomic E-state index is -0.162. The third-order valence-corrected chi connectivity index (χ3v) is 5.17. The fraction of sp³-hybridized carbons (Fsp3) is 0.294. The first-order chi connectivity index (χ1) is 10.1. The smallest absolute Gasteiger partial charge is 0.0679 e. The van der Waals surface area contributed by atoms with E-state index < -0.39 is 0 Å². The van der Waals surface area contributed by atoms with Crippen molar-refractivity contribution in [1.29, 1.82) is 0 Å². The van der Waals surface area contributed by atoms with Gasteiger partial charge in [0.05, 0.1) is 11.1 Å². The molecule has 1 saturated heterocycles. The molecule has 3 rings (SSSR count). The average Bonchev–Trinajstić information content (AvgIpc) is 2.88. The van der Waals surface area contributed by atoms with Gasteiger partial charge in [0.2, 0.25) is 0 Å². The lowest BCUT2D eigenvalue weighted by Crippen LogP contribution is -2.21. The summed E-state index contributed by atoms with van der Waals surface area (Å²) in [5, 5.41) is 10.3. The third-order valence-electron chi connectivity index (χ3n) is 3.87. The van der Waals surface area contributed by atoms with Crippen LogP contribution in [0, 0.1) is 0 Å². The van der Waals surface area contributed by atoms with E-state index in [-0.39, 0.29) is 6.10 Å². The van der Waals surface area contributed by atoms with Gasteiger partial charge in [0.1, 0.15) is 0 Å². The third kappa shape index (κ3) is 3.49. The minimum absolute atomic E-state index is 0.162. The fourth-order valence-electron chi connectivity index (χ4n) is 2.73. The van der Waals surface area contributed by atoms with Crippen LogP contribution in [0.5, 0.6) is 0 Å². The van der Waals surface area contributed by atoms with Crippen LogP contribution in [0.3, 0.4) is 0 Å². The van der Waals surface area contributed by atoms with E-state index in [0.717, 1.165) is 46.7 Å². The molecular formula is C17H17BrClNO. The zero-order chi connectivity index (χ0) is 14.8. The number of hydrogen-bond donors (Lipinski definition) is 1. The summed E-state index contributed by atoms with van der Waals surface area (Å²) in [7, 11) is 0. The number of benzene rings is 2. The van der Waals surface area contributed by atoms with Gasteiger partial charge in [-0.25, -0.2) is 0 Å². The highest BCUT2D eigenvalue weighted by Crippen LogP contribution is 2.33. The zero-order valence-electron chi connectivity index (χ0n) is 11.6. The molecule has 1 fully saturated rings. The monoisotopic (exact) mass is 365 g/mol. The molecule has 0 spiro atoms. The molecule has 2 aromatic rings. The van der Waals surface area contributed by atoms with Gasteiger partial charge in [0.15, 0.2) is 0 Å². The van der Waals surface area contributed by atoms with Crippen molar-refractivity contribution in [3.8, 4) is 11.1 Å². The molecule has 2 aromatic carbocycles. The van der Waals surface area contributed by atoms with Crippen LogP contribution in [-0.4, -0.2) is 29.2 Å². The van der Waals surface area contributed by atoms with E-state index in [1.54, 1.807) is 0 Å². The van der Waals surface area contributed by atoms with Gasteiger partial charge in [-0.2, -0.15) is 0 Å². The molecule has 1 heterocycles. The number of likely N-dealkylation sites (tertiary alicyclic amines) is 1. The normalized spacial score (nSPS) is 19.1. The molecule has 0 aliphatic carbocycles. The molecule has 0 bridgehead atoms. The van der Waals surface area contributed by atoms with E-state index in [2.05, 4.69) is 45.1 Å². The second-order valence-corrected chi connectivity index (χ2v) is 6.71. The van der Waals surface area contributed by atoms with Crippen LogP contribution in [0.2, 0.25) is 5.02 Å². The van der Waals surface area contributed by atoms with E-state index in [4.69, 9.17) is 11.6 Å². The molecule has 0 amide bonds. The topological polar surface area (TPSA) is 23.5 Å². The lowest BCUT2D eigenvalue weighted by molar-refractivity contribution is 0.175. The summed E-state index contributed by atoms with van der Waals surface area (Å²) in [6.45, 7) is 2.64. The van der Waals surface area contributed by atoms with E-state index in [1.165, 1.54) is 5.56 Å². The molecular weight excluding hydrogens is 350 g/mol. The van der Waals surface area contributed by atoms with Crippen LogP contribution in [0.1, 0.15) is 12.0 Å². The fourth-order valence-corrected chi connectivity index (χ4v) is 3.33. The predicted molar refractivity (Wildman–Crippen MR) is 90.5 cm³/mol. The van der Waals surface area contributed by atoms with Gasteiger partial charge >= 0.3 is 0 Å². The summed E-state index contributed by atoms with van der Waals surface area (Å²) in [4.78, 5) is 2.28. The number of halogens is 2. The second-order valence-electron chi connectivity index (χ2n) is 5.48. The van der Waals surface area contributed by atoms with E-state index in [1.807, 2.05) is 18.2 Å². The number of aliphatic hydroxyl groups excluding tert-OH is 1. The first-order valence-electron chi connectivity index (χ1n) is 7.07. The summed E-state index contributed by atoms with van der Waals surface area (Å²) < 4.78 is 0.914. The van der Waals surface area contributed by atoms with Crippen LogP contribution in [0.4, 0.5) is 0 Å². The number of hydrogen-bond acceptors (Lipinski definition) is 2. The van der Waals surface area contributed by atoms with Gasteiger partial charge in [0.25, 0.3) is 0 Å². The Kier molecular flexibility index (Phi) is 4.65. The maximum absolute atomic E-state index is 9.57. The minimum Gasteiger partial charge on any atom is -0.392 e. The highest BCUT2D eigenvalue weighted by Gasteiger charge is 2.19. The molecule has 1 aliphatic rings. The predicted octanol–water partition coefficient (Wildman–Crippen LogP) is 4.34. The maximum atomic E-state index is 9.57. The highest BCUT2D eigenvalue weighted by molar-refractivity contribution is 9.10. The molecule has 0 radical (unpaired) electrons. The Labute approximate surface area is 138 Å². The lowest BCUT2D eigenvalue weighted by Gasteiger charge is -2.15. The van der Waals surface area contributed by atoms with Crippen molar-refractivity contribution in [2.24, 2.45) is 0 Å². The van der Waals surface area contributed by atoms with Crippen molar-refractivity contribution in [3.63, 3.8) is 0 Å². The highest BCUT2D eigenvalue weighted by atomic mass is 79.9. The Hall–Kier alpha value is -0.870. The molecule has 2 nitrogen and oxygen atoms in total. The Morgan fingerprint density at radius 3 is 2.62 bits per heavy atom. The quantitative estimate of drug-likeness (QED) is 0.873. The molecule has 4 heteroatoms. The SMILES string of the molecule is O[C@@H]1CCN(Cc2ccc(-c3cccc(Br)c3Cl)cc2)C1. The first-order valence-corrected chi connectivity index (χ1v) is 8.24. The van der Waals surface area contributed by atoms with Gasteiger partial charge in [-0.3, -0.25) is 4.90 Å². The summed E-state index contributed by atoms with van der Waals surface area (Å²) in [5.74, 6) is 0. The Balaban J connectivity index is 1.76. The van der Waals surface area contributed by atoms with Gasteiger partial charge in [-0.05, 0) is 39.5 Å². The van der Waals surface area contributed by atoms with E-state index in [0.29, 0.717) is 0 Å². The molecule has 0 aromatic heterocycles. The van der Waals surface area contributed by atoms with Crippen molar-refractivity contribution in [1.82, 2.24) is 4.90 Å². The molecule has 1 N–H and O–H groups in total. The molecule has 0 unspecified atom stereocenters. The second kappa shape index (κ2) is 6.49. The summed E-state index contributed by atoms with van der Waals surface area (Å²) >= 11 is 9.80. The number of aliphatic hydroxyl groups is 1. The molecule has 0 saturated carbocycles. The van der Waals surface area contributed by atoms with Crippen LogP contribution < -0.4 is 0 Å². The van der Waals surface area contributed by atoms with Crippen LogP contribution in [0.25, 0.3) is 11.1 Å². The van der Waals surface area contributed by atoms with E-state index >= 15 is 0 Å². The molecule has 1 atom stereocenters. The van der Waals surface area contributed by atoms with Crippen molar-refractivity contribution >= 4 is 27.5 Å². The van der Waals surface area contributed by atoms with Gasteiger partial charge in [-0.1, -0.05) is 48.0 Å². The number of β-amino-alcohol motifs (C(OH)–C–C–N with tert-alkyl or cyclic N) is 1. The van der Waals surface area contributed by atoms with Crippen molar-refractivity contribution in [2.45, 2.75) is 19.1 Å². The summed E-state index contributed by atoms with van der Waals surface area (Å²) in [5.41, 5.74) is 3.42. The molecule has 110 valence electrons. The first kappa shape index (κ1) is 15.0. The van der Waals surface area contributed by atoms with Crippen LogP contribution >= 0.6 is 27.5 Å². The zero-order valence-corrected chi connectivity index (χ0v) is 13.9. The number of rotatable bonds is 3. The van der Waals surface area contributed by atoms with Crippen molar-refractivity contribution < 1.29 is 5.11 Å². The molecule has 21 heavy (non-hydrogen) atoms. The van der Waals surface area contributed by atoms with Crippen LogP contribution in [-0.2, 0) is 6.54 Å². The molecule has 1 aliphatic heterocycles. The van der Waals surface area contributed by atoms with Crippen molar-refractivity contribution in [2.75, 3.05) is 13.1 Å². The largest absolute Gasteiger partial charge is 0.392 e. The Morgan fingerprint density at radius 1 is 1.19 bits per heavy atom. The van der Waals surface area contributed by atoms with Crippen molar-refractivity contribution in [3.05, 3.63) is 57.5 Å². The lowest BCUT2D eigenvalue weighted by atomic mass is 10.0. The van der Waals surface area contributed by atoms with Crippen LogP contribution in [0.15, 0.2) is 46.9 Å². The van der Waals surface area contributed by atoms with Gasteiger partial charge in [0, 0.05) is 29.7 Å². The Bertz CT molecular complexity index is 629. The van der Waals surface area contributed by atoms with Gasteiger partial charge < -0.3 is 5.11 Å². The maximum Gasteiger partial charge on any atom is 0.0679 e. The summed E-state index contributed by atoms with van der Waals surface area (Å²) in [6, 6.07) is 14.4. The summed E-state index contributed by atoms with van der Waals surface area (Å²) in [6.07, 6.45) is 0.718. The standard InChI is InChI=1S/C17H17BrClNO/c18-16-3-1-2-15(17(16)19)13-6-4-12(5-7-13)10-20-9-8-14(21)11-20/h1-7,14,21H,8-11H2/t14-/m1/s1. The Morgan fingerprint density at radius 2 is 1.95 bits per heavy atom. The van der Waals surface area contributed by atoms with Gasteiger partial charge in [-0.15, -0.1) is 0 Å².